The molecule has 0 aromatic heterocycles. The molecule has 2 radical (unpaired) electrons. The molecule has 0 aliphatic carbocycles. The maximum Gasteiger partial charge on any atom is 0.213 e. The summed E-state index contributed by atoms with van der Waals surface area (Å²) in [4.78, 5) is 0. The van der Waals surface area contributed by atoms with E-state index in [2.05, 4.69) is 0 Å². The van der Waals surface area contributed by atoms with Gasteiger partial charge in [0.1, 0.15) is 29.7 Å². The lowest BCUT2D eigenvalue weighted by atomic mass is 9.82. The molecule has 1 fully saturated rings. The normalized spacial score (nSPS) is 49.5. The Morgan fingerprint density at radius 2 is 2.00 bits per heavy atom. The van der Waals surface area contributed by atoms with E-state index in [1.807, 2.05) is 4.72 Å². The molecule has 3 unspecified atom stereocenters. The Labute approximate surface area is 67.4 Å². The summed E-state index contributed by atoms with van der Waals surface area (Å²) >= 11 is 0. The maximum atomic E-state index is 10.8. The molecule has 1 rings (SSSR count). The van der Waals surface area contributed by atoms with Crippen molar-refractivity contribution in [3.8, 4) is 0 Å². The Morgan fingerprint density at radius 3 is 2.09 bits per heavy atom. The molecule has 0 saturated carbocycles. The van der Waals surface area contributed by atoms with Crippen LogP contribution in [0.3, 0.4) is 0 Å². The second-order valence-electron chi connectivity index (χ2n) is 2.53. The Morgan fingerprint density at radius 1 is 1.55 bits per heavy atom. The van der Waals surface area contributed by atoms with Crippen LogP contribution in [-0.4, -0.2) is 44.0 Å². The van der Waals surface area contributed by atoms with Gasteiger partial charge in [0.25, 0.3) is 0 Å². The van der Waals surface area contributed by atoms with E-state index in [1.54, 1.807) is 0 Å². The number of hydrogen-bond acceptors (Lipinski definition) is 4. The van der Waals surface area contributed by atoms with E-state index in [-0.39, 0.29) is 0 Å². The fourth-order valence-electron chi connectivity index (χ4n) is 0.776. The third-order valence-corrected chi connectivity index (χ3v) is 3.19. The van der Waals surface area contributed by atoms with Crippen LogP contribution in [0.5, 0.6) is 0 Å². The molecule has 5 nitrogen and oxygen atoms in total. The monoisotopic (exact) mass is 177 g/mol. The summed E-state index contributed by atoms with van der Waals surface area (Å²) in [5, 5.41) is 26.2. The first-order chi connectivity index (χ1) is 4.79. The zero-order chi connectivity index (χ0) is 8.86. The van der Waals surface area contributed by atoms with Crippen molar-refractivity contribution in [1.29, 1.82) is 0 Å². The van der Waals surface area contributed by atoms with Gasteiger partial charge in [-0.3, -0.25) is 0 Å². The zero-order valence-electron chi connectivity index (χ0n) is 5.81. The molecule has 1 aliphatic heterocycles. The molecule has 1 aliphatic rings. The lowest BCUT2D eigenvalue weighted by Crippen LogP contribution is -2.59. The highest BCUT2D eigenvalue weighted by atomic mass is 32.2. The molecule has 4 N–H and O–H groups in total. The lowest BCUT2D eigenvalue weighted by molar-refractivity contribution is -0.235. The third kappa shape index (κ3) is 1.13. The van der Waals surface area contributed by atoms with Gasteiger partial charge in [0, 0.05) is 0 Å². The summed E-state index contributed by atoms with van der Waals surface area (Å²) in [7, 11) is 3.26. The number of rotatable bonds is 0. The van der Waals surface area contributed by atoms with E-state index < -0.39 is 27.6 Å². The third-order valence-electron chi connectivity index (χ3n) is 1.71. The van der Waals surface area contributed by atoms with Gasteiger partial charge in [-0.1, -0.05) is 0 Å². The van der Waals surface area contributed by atoms with Crippen LogP contribution < -0.4 is 4.72 Å². The first-order valence-electron chi connectivity index (χ1n) is 2.93. The Hall–Kier alpha value is 0.0549. The van der Waals surface area contributed by atoms with E-state index in [0.29, 0.717) is 0 Å². The van der Waals surface area contributed by atoms with Crippen molar-refractivity contribution in [2.75, 3.05) is 0 Å². The summed E-state index contributed by atoms with van der Waals surface area (Å²) in [5.74, 6) is -2.56. The van der Waals surface area contributed by atoms with Gasteiger partial charge in [-0.05, 0) is 6.92 Å². The van der Waals surface area contributed by atoms with Gasteiger partial charge in [-0.2, -0.15) is 0 Å². The summed E-state index contributed by atoms with van der Waals surface area (Å²) in [5.41, 5.74) is -2.41. The van der Waals surface area contributed by atoms with Crippen molar-refractivity contribution in [3.05, 3.63) is 0 Å². The fourth-order valence-corrected chi connectivity index (χ4v) is 1.89. The van der Waals surface area contributed by atoms with E-state index in [9.17, 15) is 4.21 Å². The minimum Gasteiger partial charge on any atom is -0.379 e. The van der Waals surface area contributed by atoms with Crippen LogP contribution in [0.4, 0.5) is 0 Å². The van der Waals surface area contributed by atoms with E-state index >= 15 is 0 Å². The first kappa shape index (κ1) is 9.15. The Balaban J connectivity index is 3.01. The molecule has 0 spiro atoms. The van der Waals surface area contributed by atoms with Crippen molar-refractivity contribution in [2.24, 2.45) is 0 Å². The van der Waals surface area contributed by atoms with Crippen molar-refractivity contribution < 1.29 is 19.5 Å². The van der Waals surface area contributed by atoms with Crippen molar-refractivity contribution in [2.45, 2.75) is 23.6 Å². The van der Waals surface area contributed by atoms with Gasteiger partial charge >= 0.3 is 0 Å². The lowest BCUT2D eigenvalue weighted by Gasteiger charge is -2.30. The highest BCUT2D eigenvalue weighted by Crippen LogP contribution is 2.28. The predicted molar refractivity (Wildman–Crippen MR) is 38.6 cm³/mol. The number of aliphatic hydroxyl groups is 3. The smallest absolute Gasteiger partial charge is 0.213 e. The largest absolute Gasteiger partial charge is 0.379 e. The van der Waals surface area contributed by atoms with Crippen LogP contribution in [-0.2, 0) is 11.0 Å². The van der Waals surface area contributed by atoms with Crippen LogP contribution in [0, 0.1) is 0 Å². The molecule has 0 bridgehead atoms. The van der Waals surface area contributed by atoms with Crippen LogP contribution >= 0.6 is 0 Å². The average Bonchev–Trinajstić information content (AvgIpc) is 1.93. The molecule has 0 aromatic carbocycles. The van der Waals surface area contributed by atoms with Crippen molar-refractivity contribution in [3.63, 3.8) is 0 Å². The molecule has 7 heteroatoms. The van der Waals surface area contributed by atoms with Crippen LogP contribution in [0.2, 0.25) is 0 Å². The van der Waals surface area contributed by atoms with Gasteiger partial charge in [-0.25, -0.2) is 8.93 Å². The van der Waals surface area contributed by atoms with E-state index in [0.717, 1.165) is 0 Å². The van der Waals surface area contributed by atoms with Gasteiger partial charge < -0.3 is 15.3 Å². The zero-order valence-corrected chi connectivity index (χ0v) is 6.63. The Bertz CT molecular complexity index is 206. The van der Waals surface area contributed by atoms with Gasteiger partial charge in [0.15, 0.2) is 0 Å². The molecule has 62 valence electrons. The first-order valence-corrected chi connectivity index (χ1v) is 4.15. The molecule has 1 saturated heterocycles. The molecule has 0 amide bonds. The van der Waals surface area contributed by atoms with Crippen molar-refractivity contribution in [1.82, 2.24) is 4.72 Å². The standard InChI is InChI=1S/C4H8BNO4S/c1-2-3(7,8)4(5,9)6-11(2)10/h2,6-9H,1H3. The van der Waals surface area contributed by atoms with Crippen LogP contribution in [0.25, 0.3) is 0 Å². The second-order valence-corrected chi connectivity index (χ2v) is 4.04. The van der Waals surface area contributed by atoms with Gasteiger partial charge in [-0.15, -0.1) is 0 Å². The van der Waals surface area contributed by atoms with Gasteiger partial charge in [0.05, 0.1) is 0 Å². The molecular weight excluding hydrogens is 169 g/mol. The summed E-state index contributed by atoms with van der Waals surface area (Å²) in [6.45, 7) is 1.30. The minimum absolute atomic E-state index is 1.03. The molecule has 1 heterocycles. The topological polar surface area (TPSA) is 89.8 Å². The maximum absolute atomic E-state index is 10.8. The van der Waals surface area contributed by atoms with Crippen molar-refractivity contribution >= 4 is 18.8 Å². The van der Waals surface area contributed by atoms with E-state index in [1.165, 1.54) is 6.92 Å². The average molecular weight is 177 g/mol. The molecular formula is C4H8BNO4S. The number of hydrogen-bond donors (Lipinski definition) is 4. The minimum atomic E-state index is -2.56. The summed E-state index contributed by atoms with van der Waals surface area (Å²) in [6, 6.07) is 0. The van der Waals surface area contributed by atoms with Crippen LogP contribution in [0.15, 0.2) is 0 Å². The highest BCUT2D eigenvalue weighted by molar-refractivity contribution is 7.84. The molecule has 3 atom stereocenters. The molecule has 11 heavy (non-hydrogen) atoms. The summed E-state index contributed by atoms with van der Waals surface area (Å²) in [6.07, 6.45) is 0. The molecule has 0 aromatic rings. The van der Waals surface area contributed by atoms with Crippen LogP contribution in [0.1, 0.15) is 6.92 Å². The van der Waals surface area contributed by atoms with E-state index in [4.69, 9.17) is 23.2 Å². The van der Waals surface area contributed by atoms with Gasteiger partial charge in [0.2, 0.25) is 5.79 Å². The SMILES string of the molecule is [B]C1(O)NS(=O)C(C)C1(O)O. The second kappa shape index (κ2) is 2.27. The fraction of sp³-hybridized carbons (Fsp3) is 1.00. The highest BCUT2D eigenvalue weighted by Gasteiger charge is 2.57. The quantitative estimate of drug-likeness (QED) is 0.236. The Kier molecular flexibility index (Phi) is 1.89. The summed E-state index contributed by atoms with van der Waals surface area (Å²) < 4.78 is 12.8. The predicted octanol–water partition coefficient (Wildman–Crippen LogP) is -2.86. The number of nitrogens with one attached hydrogen (secondary N) is 1.